The summed E-state index contributed by atoms with van der Waals surface area (Å²) in [7, 11) is 0. The lowest BCUT2D eigenvalue weighted by molar-refractivity contribution is -0.385. The molecule has 1 heterocycles. The molecule has 0 amide bonds. The molecule has 0 fully saturated rings. The van der Waals surface area contributed by atoms with Crippen LogP contribution in [0, 0.1) is 24.0 Å². The quantitative estimate of drug-likeness (QED) is 0.654. The maximum absolute atomic E-state index is 11.0. The van der Waals surface area contributed by atoms with Crippen molar-refractivity contribution < 1.29 is 4.92 Å². The average molecular weight is 290 g/mol. The fourth-order valence-electron chi connectivity index (χ4n) is 2.12. The van der Waals surface area contributed by atoms with E-state index >= 15 is 0 Å². The number of nitro benzene ring substituents is 1. The minimum Gasteiger partial charge on any atom is -0.380 e. The van der Waals surface area contributed by atoms with Gasteiger partial charge in [-0.05, 0) is 44.0 Å². The summed E-state index contributed by atoms with van der Waals surface area (Å²) in [5, 5.41) is 14.3. The van der Waals surface area contributed by atoms with Crippen molar-refractivity contribution in [3.05, 3.63) is 55.3 Å². The van der Waals surface area contributed by atoms with E-state index in [9.17, 15) is 10.1 Å². The first-order valence-electron chi connectivity index (χ1n) is 6.58. The Morgan fingerprint density at radius 1 is 1.20 bits per heavy atom. The Balaban J connectivity index is 2.16. The SMILES string of the molecule is CCc1ccc(CNc2cc([N+](=O)[O-])c(C)cc2C)s1. The second-order valence-electron chi connectivity index (χ2n) is 4.79. The Labute approximate surface area is 122 Å². The van der Waals surface area contributed by atoms with Crippen LogP contribution in [0.15, 0.2) is 24.3 Å². The summed E-state index contributed by atoms with van der Waals surface area (Å²) in [6.07, 6.45) is 1.04. The fraction of sp³-hybridized carbons (Fsp3) is 0.333. The summed E-state index contributed by atoms with van der Waals surface area (Å²) in [6, 6.07) is 7.71. The Hall–Kier alpha value is -1.88. The molecule has 1 N–H and O–H groups in total. The second kappa shape index (κ2) is 6.05. The van der Waals surface area contributed by atoms with E-state index in [1.54, 1.807) is 24.3 Å². The first kappa shape index (κ1) is 14.5. The topological polar surface area (TPSA) is 55.2 Å². The Kier molecular flexibility index (Phi) is 4.39. The molecule has 0 aliphatic heterocycles. The zero-order valence-corrected chi connectivity index (χ0v) is 12.7. The van der Waals surface area contributed by atoms with E-state index in [1.807, 2.05) is 13.0 Å². The van der Waals surface area contributed by atoms with Gasteiger partial charge in [-0.25, -0.2) is 0 Å². The van der Waals surface area contributed by atoms with Crippen LogP contribution in [0.5, 0.6) is 0 Å². The zero-order chi connectivity index (χ0) is 14.7. The fourth-order valence-corrected chi connectivity index (χ4v) is 3.02. The van der Waals surface area contributed by atoms with Gasteiger partial charge < -0.3 is 5.32 Å². The minimum absolute atomic E-state index is 0.165. The van der Waals surface area contributed by atoms with Crippen LogP contribution in [0.25, 0.3) is 0 Å². The molecule has 2 rings (SSSR count). The van der Waals surface area contributed by atoms with Crippen LogP contribution in [-0.4, -0.2) is 4.92 Å². The predicted molar refractivity (Wildman–Crippen MR) is 83.6 cm³/mol. The van der Waals surface area contributed by atoms with Gasteiger partial charge in [-0.15, -0.1) is 11.3 Å². The molecular formula is C15H18N2O2S. The molecule has 5 heteroatoms. The number of rotatable bonds is 5. The lowest BCUT2D eigenvalue weighted by Gasteiger charge is -2.10. The third-order valence-corrected chi connectivity index (χ3v) is 4.49. The molecular weight excluding hydrogens is 272 g/mol. The van der Waals surface area contributed by atoms with Crippen molar-refractivity contribution in [3.8, 4) is 0 Å². The van der Waals surface area contributed by atoms with Gasteiger partial charge in [0.2, 0.25) is 0 Å². The standard InChI is InChI=1S/C15H18N2O2S/c1-4-12-5-6-13(20-12)9-16-14-8-15(17(18)19)11(3)7-10(14)2/h5-8,16H,4,9H2,1-3H3. The maximum atomic E-state index is 11.0. The highest BCUT2D eigenvalue weighted by Crippen LogP contribution is 2.27. The Morgan fingerprint density at radius 2 is 1.90 bits per heavy atom. The van der Waals surface area contributed by atoms with Crippen LogP contribution in [0.2, 0.25) is 0 Å². The van der Waals surface area contributed by atoms with Gasteiger partial charge in [0.1, 0.15) is 0 Å². The Morgan fingerprint density at radius 3 is 2.50 bits per heavy atom. The van der Waals surface area contributed by atoms with Crippen LogP contribution in [0.1, 0.15) is 27.8 Å². The molecule has 1 aromatic carbocycles. The van der Waals surface area contributed by atoms with E-state index in [0.29, 0.717) is 12.1 Å². The molecule has 0 radical (unpaired) electrons. The minimum atomic E-state index is -0.333. The monoisotopic (exact) mass is 290 g/mol. The van der Waals surface area contributed by atoms with Crippen molar-refractivity contribution in [2.75, 3.05) is 5.32 Å². The lowest BCUT2D eigenvalue weighted by Crippen LogP contribution is -2.01. The van der Waals surface area contributed by atoms with Crippen molar-refractivity contribution in [1.29, 1.82) is 0 Å². The summed E-state index contributed by atoms with van der Waals surface area (Å²) in [5.41, 5.74) is 2.72. The van der Waals surface area contributed by atoms with Crippen LogP contribution < -0.4 is 5.32 Å². The highest BCUT2D eigenvalue weighted by atomic mass is 32.1. The van der Waals surface area contributed by atoms with E-state index in [1.165, 1.54) is 9.75 Å². The lowest BCUT2D eigenvalue weighted by atomic mass is 10.1. The van der Waals surface area contributed by atoms with E-state index in [0.717, 1.165) is 17.7 Å². The van der Waals surface area contributed by atoms with Gasteiger partial charge in [0.05, 0.1) is 4.92 Å². The largest absolute Gasteiger partial charge is 0.380 e. The molecule has 0 saturated heterocycles. The summed E-state index contributed by atoms with van der Waals surface area (Å²) in [5.74, 6) is 0. The summed E-state index contributed by atoms with van der Waals surface area (Å²) in [4.78, 5) is 13.2. The number of nitrogens with one attached hydrogen (secondary N) is 1. The predicted octanol–water partition coefficient (Wildman–Crippen LogP) is 4.45. The van der Waals surface area contributed by atoms with Crippen LogP contribution in [-0.2, 0) is 13.0 Å². The molecule has 0 aliphatic carbocycles. The molecule has 0 aliphatic rings. The van der Waals surface area contributed by atoms with Gasteiger partial charge in [-0.1, -0.05) is 6.92 Å². The number of hydrogen-bond donors (Lipinski definition) is 1. The molecule has 2 aromatic rings. The number of nitro groups is 1. The van der Waals surface area contributed by atoms with Gasteiger partial charge in [0, 0.05) is 33.6 Å². The Bertz CT molecular complexity index is 635. The van der Waals surface area contributed by atoms with E-state index in [2.05, 4.69) is 24.4 Å². The van der Waals surface area contributed by atoms with E-state index < -0.39 is 0 Å². The highest BCUT2D eigenvalue weighted by Gasteiger charge is 2.13. The van der Waals surface area contributed by atoms with Gasteiger partial charge >= 0.3 is 0 Å². The van der Waals surface area contributed by atoms with Crippen molar-refractivity contribution in [1.82, 2.24) is 0 Å². The van der Waals surface area contributed by atoms with Gasteiger partial charge in [0.25, 0.3) is 5.69 Å². The molecule has 0 unspecified atom stereocenters. The van der Waals surface area contributed by atoms with Crippen molar-refractivity contribution in [3.63, 3.8) is 0 Å². The number of thiophene rings is 1. The summed E-state index contributed by atoms with van der Waals surface area (Å²) >= 11 is 1.78. The summed E-state index contributed by atoms with van der Waals surface area (Å²) in [6.45, 7) is 6.56. The average Bonchev–Trinajstić information content (AvgIpc) is 2.85. The highest BCUT2D eigenvalue weighted by molar-refractivity contribution is 7.12. The van der Waals surface area contributed by atoms with Crippen molar-refractivity contribution in [2.24, 2.45) is 0 Å². The van der Waals surface area contributed by atoms with Crippen LogP contribution in [0.3, 0.4) is 0 Å². The van der Waals surface area contributed by atoms with Gasteiger partial charge in [-0.3, -0.25) is 10.1 Å². The molecule has 1 aromatic heterocycles. The van der Waals surface area contributed by atoms with Crippen LogP contribution in [0.4, 0.5) is 11.4 Å². The maximum Gasteiger partial charge on any atom is 0.274 e. The molecule has 4 nitrogen and oxygen atoms in total. The number of benzene rings is 1. The van der Waals surface area contributed by atoms with Crippen molar-refractivity contribution in [2.45, 2.75) is 33.7 Å². The first-order chi connectivity index (χ1) is 9.51. The van der Waals surface area contributed by atoms with Gasteiger partial charge in [-0.2, -0.15) is 0 Å². The number of anilines is 1. The number of aryl methyl sites for hydroxylation is 3. The van der Waals surface area contributed by atoms with Crippen molar-refractivity contribution >= 4 is 22.7 Å². The normalized spacial score (nSPS) is 10.6. The third kappa shape index (κ3) is 3.17. The zero-order valence-electron chi connectivity index (χ0n) is 11.9. The molecule has 0 spiro atoms. The smallest absolute Gasteiger partial charge is 0.274 e. The molecule has 106 valence electrons. The third-order valence-electron chi connectivity index (χ3n) is 3.26. The van der Waals surface area contributed by atoms with Gasteiger partial charge in [0.15, 0.2) is 0 Å². The number of nitrogens with zero attached hydrogens (tertiary/aromatic N) is 1. The molecule has 0 saturated carbocycles. The first-order valence-corrected chi connectivity index (χ1v) is 7.40. The van der Waals surface area contributed by atoms with E-state index in [4.69, 9.17) is 0 Å². The molecule has 20 heavy (non-hydrogen) atoms. The molecule has 0 bridgehead atoms. The van der Waals surface area contributed by atoms with Crippen LogP contribution >= 0.6 is 11.3 Å². The second-order valence-corrected chi connectivity index (χ2v) is 6.04. The summed E-state index contributed by atoms with van der Waals surface area (Å²) < 4.78 is 0. The molecule has 0 atom stereocenters. The number of hydrogen-bond acceptors (Lipinski definition) is 4. The van der Waals surface area contributed by atoms with E-state index in [-0.39, 0.29) is 10.6 Å².